The standard InChI is InChI=1S/C25H23N5O4/c31-23-21-14-28(24(32)27-19-9-5-4-8-17(19)22-13-26-15-34-22)10-11-29(21)25(33)30(23)20-12-18(20)16-6-2-1-3-7-16/h1-9,13,15,18,20-21H,10-12,14H2,(H,27,32)/t18-,20+,21?/m1/s1. The minimum Gasteiger partial charge on any atom is -0.443 e. The average molecular weight is 457 g/mol. The molecule has 0 radical (unpaired) electrons. The van der Waals surface area contributed by atoms with Crippen molar-refractivity contribution >= 4 is 23.7 Å². The summed E-state index contributed by atoms with van der Waals surface area (Å²) in [5, 5.41) is 2.92. The van der Waals surface area contributed by atoms with Crippen molar-refractivity contribution in [3.05, 3.63) is 72.8 Å². The Morgan fingerprint density at radius 2 is 1.82 bits per heavy atom. The summed E-state index contributed by atoms with van der Waals surface area (Å²) in [7, 11) is 0. The zero-order valence-electron chi connectivity index (χ0n) is 18.3. The number of rotatable bonds is 4. The Hall–Kier alpha value is -4.14. The predicted octanol–water partition coefficient (Wildman–Crippen LogP) is 3.38. The number of piperazine rings is 1. The first-order valence-corrected chi connectivity index (χ1v) is 11.3. The maximum atomic E-state index is 13.2. The maximum Gasteiger partial charge on any atom is 0.327 e. The van der Waals surface area contributed by atoms with E-state index in [2.05, 4.69) is 10.3 Å². The number of benzene rings is 2. The summed E-state index contributed by atoms with van der Waals surface area (Å²) in [6.07, 6.45) is 3.70. The molecule has 3 aliphatic rings. The Morgan fingerprint density at radius 3 is 2.62 bits per heavy atom. The van der Waals surface area contributed by atoms with Crippen molar-refractivity contribution in [1.82, 2.24) is 19.7 Å². The molecular formula is C25H23N5O4. The molecule has 3 fully saturated rings. The minimum atomic E-state index is -0.645. The molecule has 5 amide bonds. The van der Waals surface area contributed by atoms with Gasteiger partial charge in [-0.2, -0.15) is 0 Å². The number of anilines is 1. The van der Waals surface area contributed by atoms with E-state index in [-0.39, 0.29) is 36.5 Å². The second kappa shape index (κ2) is 8.02. The fourth-order valence-electron chi connectivity index (χ4n) is 4.98. The molecule has 0 bridgehead atoms. The Labute approximate surface area is 196 Å². The fourth-order valence-corrected chi connectivity index (χ4v) is 4.98. The number of nitrogens with zero attached hydrogens (tertiary/aromatic N) is 4. The molecule has 3 aromatic rings. The zero-order chi connectivity index (χ0) is 23.2. The van der Waals surface area contributed by atoms with Gasteiger partial charge in [-0.15, -0.1) is 0 Å². The molecule has 9 nitrogen and oxygen atoms in total. The van der Waals surface area contributed by atoms with Crippen LogP contribution in [0.1, 0.15) is 17.9 Å². The number of nitrogens with one attached hydrogen (secondary N) is 1. The molecule has 0 spiro atoms. The quantitative estimate of drug-likeness (QED) is 0.606. The topological polar surface area (TPSA) is 99.0 Å². The molecule has 2 aliphatic heterocycles. The second-order valence-corrected chi connectivity index (χ2v) is 8.81. The van der Waals surface area contributed by atoms with Gasteiger partial charge in [0.25, 0.3) is 5.91 Å². The van der Waals surface area contributed by atoms with E-state index in [0.29, 0.717) is 30.1 Å². The van der Waals surface area contributed by atoms with Crippen LogP contribution < -0.4 is 5.32 Å². The summed E-state index contributed by atoms with van der Waals surface area (Å²) in [6.45, 7) is 0.845. The number of imide groups is 1. The smallest absolute Gasteiger partial charge is 0.327 e. The van der Waals surface area contributed by atoms with Crippen LogP contribution in [-0.4, -0.2) is 69.4 Å². The van der Waals surface area contributed by atoms with Crippen molar-refractivity contribution in [2.45, 2.75) is 24.4 Å². The number of para-hydroxylation sites is 1. The number of fused-ring (bicyclic) bond motifs is 1. The third kappa shape index (κ3) is 3.40. The van der Waals surface area contributed by atoms with Gasteiger partial charge in [0.2, 0.25) is 0 Å². The van der Waals surface area contributed by atoms with E-state index < -0.39 is 6.04 Å². The number of hydrogen-bond acceptors (Lipinski definition) is 5. The van der Waals surface area contributed by atoms with Gasteiger partial charge in [-0.1, -0.05) is 42.5 Å². The largest absolute Gasteiger partial charge is 0.443 e. The molecule has 1 unspecified atom stereocenters. The maximum absolute atomic E-state index is 13.2. The number of carbonyl (C=O) groups excluding carboxylic acids is 3. The first-order valence-electron chi connectivity index (χ1n) is 11.3. The summed E-state index contributed by atoms with van der Waals surface area (Å²) in [6, 6.07) is 15.9. The summed E-state index contributed by atoms with van der Waals surface area (Å²) in [5.74, 6) is 0.515. The van der Waals surface area contributed by atoms with Gasteiger partial charge in [0.05, 0.1) is 18.4 Å². The molecule has 3 heterocycles. The van der Waals surface area contributed by atoms with Crippen LogP contribution in [0.3, 0.4) is 0 Å². The van der Waals surface area contributed by atoms with Crippen LogP contribution in [0.2, 0.25) is 0 Å². The highest BCUT2D eigenvalue weighted by Crippen LogP contribution is 2.46. The summed E-state index contributed by atoms with van der Waals surface area (Å²) in [4.78, 5) is 47.9. The fraction of sp³-hybridized carbons (Fsp3) is 0.280. The number of aromatic nitrogens is 1. The molecule has 34 heavy (non-hydrogen) atoms. The van der Waals surface area contributed by atoms with Gasteiger partial charge in [-0.25, -0.2) is 14.6 Å². The van der Waals surface area contributed by atoms with E-state index in [4.69, 9.17) is 4.42 Å². The predicted molar refractivity (Wildman–Crippen MR) is 123 cm³/mol. The minimum absolute atomic E-state index is 0.107. The summed E-state index contributed by atoms with van der Waals surface area (Å²) in [5.41, 5.74) is 2.45. The van der Waals surface area contributed by atoms with Crippen molar-refractivity contribution in [3.63, 3.8) is 0 Å². The van der Waals surface area contributed by atoms with Gasteiger partial charge >= 0.3 is 12.1 Å². The second-order valence-electron chi connectivity index (χ2n) is 8.81. The van der Waals surface area contributed by atoms with Crippen LogP contribution in [0.5, 0.6) is 0 Å². The molecule has 2 aromatic carbocycles. The monoisotopic (exact) mass is 457 g/mol. The third-order valence-corrected chi connectivity index (χ3v) is 6.82. The van der Waals surface area contributed by atoms with Gasteiger partial charge in [0.1, 0.15) is 6.04 Å². The van der Waals surface area contributed by atoms with E-state index in [1.54, 1.807) is 22.1 Å². The van der Waals surface area contributed by atoms with Crippen molar-refractivity contribution in [3.8, 4) is 11.3 Å². The lowest BCUT2D eigenvalue weighted by Gasteiger charge is -2.35. The Bertz CT molecular complexity index is 1250. The van der Waals surface area contributed by atoms with Crippen LogP contribution in [0.4, 0.5) is 15.3 Å². The van der Waals surface area contributed by atoms with Crippen molar-refractivity contribution < 1.29 is 18.8 Å². The van der Waals surface area contributed by atoms with E-state index in [0.717, 1.165) is 12.0 Å². The van der Waals surface area contributed by atoms with Gasteiger partial charge in [0, 0.05) is 30.6 Å². The lowest BCUT2D eigenvalue weighted by atomic mass is 10.1. The molecular weight excluding hydrogens is 434 g/mol. The normalized spacial score (nSPS) is 23.8. The molecule has 9 heteroatoms. The average Bonchev–Trinajstić information content (AvgIpc) is 3.36. The third-order valence-electron chi connectivity index (χ3n) is 6.82. The lowest BCUT2D eigenvalue weighted by Crippen LogP contribution is -2.55. The molecule has 1 aromatic heterocycles. The van der Waals surface area contributed by atoms with Gasteiger partial charge in [0.15, 0.2) is 12.2 Å². The Kier molecular flexibility index (Phi) is 4.83. The van der Waals surface area contributed by atoms with E-state index in [9.17, 15) is 14.4 Å². The van der Waals surface area contributed by atoms with Gasteiger partial charge in [-0.05, 0) is 24.1 Å². The number of oxazole rings is 1. The van der Waals surface area contributed by atoms with Crippen LogP contribution in [0.25, 0.3) is 11.3 Å². The molecule has 3 atom stereocenters. The van der Waals surface area contributed by atoms with E-state index in [1.165, 1.54) is 11.3 Å². The molecule has 172 valence electrons. The van der Waals surface area contributed by atoms with Crippen molar-refractivity contribution in [1.29, 1.82) is 0 Å². The SMILES string of the molecule is O=C(Nc1ccccc1-c1cnco1)N1CCN2C(=O)N([C@H]3C[C@@H]3c3ccccc3)C(=O)C2C1. The molecule has 1 aliphatic carbocycles. The van der Waals surface area contributed by atoms with E-state index in [1.807, 2.05) is 48.5 Å². The van der Waals surface area contributed by atoms with Crippen LogP contribution in [0, 0.1) is 0 Å². The van der Waals surface area contributed by atoms with Crippen LogP contribution >= 0.6 is 0 Å². The Morgan fingerprint density at radius 1 is 1.03 bits per heavy atom. The highest BCUT2D eigenvalue weighted by Gasteiger charge is 2.56. The number of amides is 5. The van der Waals surface area contributed by atoms with Crippen molar-refractivity contribution in [2.24, 2.45) is 0 Å². The zero-order valence-corrected chi connectivity index (χ0v) is 18.3. The van der Waals surface area contributed by atoms with E-state index >= 15 is 0 Å². The first kappa shape index (κ1) is 20.5. The number of urea groups is 2. The Balaban J connectivity index is 1.15. The van der Waals surface area contributed by atoms with Crippen LogP contribution in [-0.2, 0) is 4.79 Å². The molecule has 2 saturated heterocycles. The molecule has 1 saturated carbocycles. The molecule has 1 N–H and O–H groups in total. The summed E-state index contributed by atoms with van der Waals surface area (Å²) < 4.78 is 5.38. The van der Waals surface area contributed by atoms with Crippen molar-refractivity contribution in [2.75, 3.05) is 25.0 Å². The van der Waals surface area contributed by atoms with Crippen LogP contribution in [0.15, 0.2) is 71.6 Å². The van der Waals surface area contributed by atoms with Gasteiger partial charge in [-0.3, -0.25) is 9.69 Å². The highest BCUT2D eigenvalue weighted by molar-refractivity contribution is 6.06. The number of hydrogen-bond donors (Lipinski definition) is 1. The highest BCUT2D eigenvalue weighted by atomic mass is 16.3. The molecule has 6 rings (SSSR count). The number of carbonyl (C=O) groups is 3. The summed E-state index contributed by atoms with van der Waals surface area (Å²) >= 11 is 0. The lowest BCUT2D eigenvalue weighted by molar-refractivity contribution is -0.129. The first-order chi connectivity index (χ1) is 16.6. The van der Waals surface area contributed by atoms with Gasteiger partial charge < -0.3 is 19.5 Å².